The van der Waals surface area contributed by atoms with E-state index in [1.807, 2.05) is 0 Å². The number of nitrogens with one attached hydrogen (secondary N) is 1. The third-order valence-electron chi connectivity index (χ3n) is 6.17. The molecule has 0 saturated heterocycles. The molecule has 2 amide bonds. The highest BCUT2D eigenvalue weighted by molar-refractivity contribution is 7.92. The van der Waals surface area contributed by atoms with Gasteiger partial charge in [0, 0.05) is 24.0 Å². The Bertz CT molecular complexity index is 1520. The Morgan fingerprint density at radius 3 is 2.14 bits per heavy atom. The van der Waals surface area contributed by atoms with Crippen molar-refractivity contribution < 1.29 is 31.2 Å². The first-order valence-electron chi connectivity index (χ1n) is 12.8. The van der Waals surface area contributed by atoms with Crippen LogP contribution in [-0.4, -0.2) is 50.0 Å². The molecule has 0 aliphatic carbocycles. The summed E-state index contributed by atoms with van der Waals surface area (Å²) in [6.45, 7) is 2.50. The summed E-state index contributed by atoms with van der Waals surface area (Å²) in [4.78, 5) is 28.7. The molecule has 0 aliphatic rings. The van der Waals surface area contributed by atoms with Crippen LogP contribution in [0.1, 0.15) is 30.5 Å². The zero-order valence-corrected chi connectivity index (χ0v) is 25.4. The zero-order chi connectivity index (χ0) is 31.2. The fourth-order valence-electron chi connectivity index (χ4n) is 4.27. The molecule has 3 aromatic rings. The van der Waals surface area contributed by atoms with Crippen LogP contribution >= 0.6 is 23.2 Å². The summed E-state index contributed by atoms with van der Waals surface area (Å²) in [6, 6.07) is 16.7. The van der Waals surface area contributed by atoms with Gasteiger partial charge in [-0.3, -0.25) is 13.9 Å². The lowest BCUT2D eigenvalue weighted by molar-refractivity contribution is -0.140. The maximum absolute atomic E-state index is 14.0. The van der Waals surface area contributed by atoms with Gasteiger partial charge in [-0.25, -0.2) is 8.42 Å². The molecule has 13 heteroatoms. The highest BCUT2D eigenvalue weighted by Gasteiger charge is 2.36. The van der Waals surface area contributed by atoms with Crippen LogP contribution < -0.4 is 9.62 Å². The van der Waals surface area contributed by atoms with Gasteiger partial charge in [0.25, 0.3) is 0 Å². The Labute approximate surface area is 253 Å². The number of sulfonamides is 1. The number of anilines is 1. The summed E-state index contributed by atoms with van der Waals surface area (Å²) in [7, 11) is -4.27. The van der Waals surface area contributed by atoms with Crippen LogP contribution in [0.4, 0.5) is 18.9 Å². The summed E-state index contributed by atoms with van der Waals surface area (Å²) in [5.74, 6) is -1.30. The molecule has 0 saturated carbocycles. The van der Waals surface area contributed by atoms with Crippen molar-refractivity contribution in [1.29, 1.82) is 0 Å². The maximum atomic E-state index is 14.0. The van der Waals surface area contributed by atoms with E-state index in [0.29, 0.717) is 21.0 Å². The summed E-state index contributed by atoms with van der Waals surface area (Å²) in [5, 5.41) is 2.57. The lowest BCUT2D eigenvalue weighted by Crippen LogP contribution is -2.54. The Balaban J connectivity index is 2.10. The molecule has 1 atom stereocenters. The van der Waals surface area contributed by atoms with Gasteiger partial charge in [-0.2, -0.15) is 13.2 Å². The fourth-order valence-corrected chi connectivity index (χ4v) is 5.55. The number of hydrogen-bond acceptors (Lipinski definition) is 4. The van der Waals surface area contributed by atoms with Crippen molar-refractivity contribution in [3.8, 4) is 0 Å². The number of carbonyl (C=O) groups is 2. The second kappa shape index (κ2) is 13.8. The van der Waals surface area contributed by atoms with Crippen molar-refractivity contribution in [1.82, 2.24) is 10.2 Å². The largest absolute Gasteiger partial charge is 0.417 e. The first kappa shape index (κ1) is 33.2. The summed E-state index contributed by atoms with van der Waals surface area (Å²) >= 11 is 11.9. The number of amides is 2. The first-order valence-corrected chi connectivity index (χ1v) is 15.4. The molecule has 0 fully saturated rings. The van der Waals surface area contributed by atoms with Crippen LogP contribution in [0.2, 0.25) is 10.0 Å². The monoisotopic (exact) mass is 643 g/mol. The molecule has 1 N–H and O–H groups in total. The predicted molar refractivity (Wildman–Crippen MR) is 158 cm³/mol. The van der Waals surface area contributed by atoms with E-state index in [2.05, 4.69) is 5.32 Å². The van der Waals surface area contributed by atoms with Crippen LogP contribution in [0.3, 0.4) is 0 Å². The van der Waals surface area contributed by atoms with Gasteiger partial charge in [0.05, 0.1) is 22.5 Å². The van der Waals surface area contributed by atoms with Gasteiger partial charge in [-0.15, -0.1) is 0 Å². The van der Waals surface area contributed by atoms with E-state index in [-0.39, 0.29) is 19.0 Å². The molecular weight excluding hydrogens is 614 g/mol. The minimum atomic E-state index is -4.87. The molecule has 0 aliphatic heterocycles. The Morgan fingerprint density at radius 1 is 0.929 bits per heavy atom. The van der Waals surface area contributed by atoms with E-state index in [9.17, 15) is 31.2 Å². The van der Waals surface area contributed by atoms with Gasteiger partial charge in [-0.1, -0.05) is 65.7 Å². The average molecular weight is 645 g/mol. The third-order valence-corrected chi connectivity index (χ3v) is 7.87. The Hall–Kier alpha value is -3.28. The van der Waals surface area contributed by atoms with Crippen molar-refractivity contribution in [2.24, 2.45) is 0 Å². The minimum Gasteiger partial charge on any atom is -0.352 e. The number of alkyl halides is 3. The molecular formula is C29H30Cl2F3N3O4S. The van der Waals surface area contributed by atoms with Gasteiger partial charge >= 0.3 is 6.18 Å². The SMILES string of the molecule is CC(C)NC(=O)C(Cc1ccccc1)N(Cc1cccc(Cl)c1)C(=O)CN(c1ccc(Cl)c(C(F)(F)F)c1)S(C)(=O)=O. The van der Waals surface area contributed by atoms with E-state index in [1.165, 1.54) is 4.90 Å². The molecule has 42 heavy (non-hydrogen) atoms. The number of rotatable bonds is 11. The average Bonchev–Trinajstić information content (AvgIpc) is 2.88. The second-order valence-corrected chi connectivity index (χ2v) is 12.7. The minimum absolute atomic E-state index is 0.0870. The van der Waals surface area contributed by atoms with Crippen molar-refractivity contribution in [2.75, 3.05) is 17.1 Å². The predicted octanol–water partition coefficient (Wildman–Crippen LogP) is 5.94. The van der Waals surface area contributed by atoms with Gasteiger partial charge in [-0.05, 0) is 55.3 Å². The molecule has 0 bridgehead atoms. The molecule has 3 aromatic carbocycles. The topological polar surface area (TPSA) is 86.8 Å². The summed E-state index contributed by atoms with van der Waals surface area (Å²) in [6.07, 6.45) is -4.01. The standard InChI is InChI=1S/C29H30Cl2F3N3O4S/c1-19(2)35-28(39)26(15-20-8-5-4-6-9-20)36(17-21-10-7-11-22(30)14-21)27(38)18-37(42(3,40)41)23-12-13-25(31)24(16-23)29(32,33)34/h4-14,16,19,26H,15,17-18H2,1-3H3,(H,35,39). The van der Waals surface area contributed by atoms with Crippen molar-refractivity contribution >= 4 is 50.7 Å². The molecule has 7 nitrogen and oxygen atoms in total. The Kier molecular flexibility index (Phi) is 10.9. The van der Waals surface area contributed by atoms with Crippen molar-refractivity contribution in [3.63, 3.8) is 0 Å². The van der Waals surface area contributed by atoms with Crippen LogP contribution in [-0.2, 0) is 38.8 Å². The Morgan fingerprint density at radius 2 is 1.57 bits per heavy atom. The highest BCUT2D eigenvalue weighted by Crippen LogP contribution is 2.37. The number of hydrogen-bond donors (Lipinski definition) is 1. The quantitative estimate of drug-likeness (QED) is 0.280. The smallest absolute Gasteiger partial charge is 0.352 e. The third kappa shape index (κ3) is 9.11. The van der Waals surface area contributed by atoms with Crippen LogP contribution in [0.15, 0.2) is 72.8 Å². The number of carbonyl (C=O) groups excluding carboxylic acids is 2. The van der Waals surface area contributed by atoms with E-state index >= 15 is 0 Å². The van der Waals surface area contributed by atoms with E-state index in [4.69, 9.17) is 23.2 Å². The molecule has 3 rings (SSSR count). The molecule has 0 spiro atoms. The number of benzene rings is 3. The van der Waals surface area contributed by atoms with Gasteiger partial charge in [0.15, 0.2) is 0 Å². The van der Waals surface area contributed by atoms with Gasteiger partial charge in [0.2, 0.25) is 21.8 Å². The van der Waals surface area contributed by atoms with E-state index < -0.39 is 56.9 Å². The van der Waals surface area contributed by atoms with Crippen LogP contribution in [0.25, 0.3) is 0 Å². The molecule has 0 heterocycles. The van der Waals surface area contributed by atoms with Crippen LogP contribution in [0.5, 0.6) is 0 Å². The highest BCUT2D eigenvalue weighted by atomic mass is 35.5. The van der Waals surface area contributed by atoms with Crippen LogP contribution in [0, 0.1) is 0 Å². The molecule has 0 aromatic heterocycles. The molecule has 0 radical (unpaired) electrons. The normalized spacial score (nSPS) is 12.6. The maximum Gasteiger partial charge on any atom is 0.417 e. The number of halogens is 5. The first-order chi connectivity index (χ1) is 19.6. The zero-order valence-electron chi connectivity index (χ0n) is 23.0. The lowest BCUT2D eigenvalue weighted by atomic mass is 10.0. The van der Waals surface area contributed by atoms with Gasteiger partial charge < -0.3 is 10.2 Å². The van der Waals surface area contributed by atoms with Crippen molar-refractivity contribution in [2.45, 2.75) is 45.1 Å². The van der Waals surface area contributed by atoms with E-state index in [0.717, 1.165) is 24.0 Å². The second-order valence-electron chi connectivity index (χ2n) is 9.95. The summed E-state index contributed by atoms with van der Waals surface area (Å²) in [5.41, 5.74) is -0.367. The van der Waals surface area contributed by atoms with E-state index in [1.54, 1.807) is 68.4 Å². The molecule has 1 unspecified atom stereocenters. The summed E-state index contributed by atoms with van der Waals surface area (Å²) < 4.78 is 66.9. The fraction of sp³-hybridized carbons (Fsp3) is 0.310. The lowest BCUT2D eigenvalue weighted by Gasteiger charge is -2.34. The van der Waals surface area contributed by atoms with Crippen molar-refractivity contribution in [3.05, 3.63) is 99.5 Å². The number of nitrogens with zero attached hydrogens (tertiary/aromatic N) is 2. The molecule has 226 valence electrons. The van der Waals surface area contributed by atoms with Gasteiger partial charge in [0.1, 0.15) is 12.6 Å².